The van der Waals surface area contributed by atoms with Gasteiger partial charge in [-0.3, -0.25) is 0 Å². The molecule has 0 spiro atoms. The predicted molar refractivity (Wildman–Crippen MR) is 41.4 cm³/mol. The van der Waals surface area contributed by atoms with Crippen LogP contribution >= 0.6 is 17.0 Å². The third-order valence-electron chi connectivity index (χ3n) is 1.88. The maximum atomic E-state index is 12.5. The van der Waals surface area contributed by atoms with Crippen LogP contribution in [0.3, 0.4) is 0 Å². The number of hydrogen-bond acceptors (Lipinski definition) is 2. The zero-order valence-electron chi connectivity index (χ0n) is 5.55. The lowest BCUT2D eigenvalue weighted by Gasteiger charge is -1.96. The van der Waals surface area contributed by atoms with Crippen molar-refractivity contribution >= 4 is 17.0 Å². The molecule has 4 heteroatoms. The first-order valence-corrected chi connectivity index (χ1v) is 3.38. The number of nitrogens with one attached hydrogen (secondary N) is 1. The molecule has 2 rings (SSSR count). The van der Waals surface area contributed by atoms with Crippen LogP contribution in [0.5, 0.6) is 0 Å². The SMILES string of the molecule is Br.FC1C2NCCCOC12. The monoisotopic (exact) mass is 211 g/mol. The van der Waals surface area contributed by atoms with E-state index in [-0.39, 0.29) is 29.1 Å². The first-order chi connectivity index (χ1) is 4.39. The van der Waals surface area contributed by atoms with Gasteiger partial charge in [0.15, 0.2) is 0 Å². The summed E-state index contributed by atoms with van der Waals surface area (Å²) in [5.41, 5.74) is 0. The highest BCUT2D eigenvalue weighted by Crippen LogP contribution is 2.31. The molecule has 0 amide bonds. The Bertz CT molecular complexity index is 112. The summed E-state index contributed by atoms with van der Waals surface area (Å²) in [6.07, 6.45) is 0.164. The predicted octanol–water partition coefficient (Wildman–Crippen LogP) is 0.663. The van der Waals surface area contributed by atoms with Crippen molar-refractivity contribution in [3.05, 3.63) is 0 Å². The molecule has 1 heterocycles. The summed E-state index contributed by atoms with van der Waals surface area (Å²) >= 11 is 0. The molecule has 0 radical (unpaired) electrons. The lowest BCUT2D eigenvalue weighted by molar-refractivity contribution is 0.105. The van der Waals surface area contributed by atoms with Gasteiger partial charge in [-0.25, -0.2) is 4.39 Å². The number of ether oxygens (including phenoxy) is 1. The molecule has 3 unspecified atom stereocenters. The van der Waals surface area contributed by atoms with Gasteiger partial charge in [-0.05, 0) is 13.0 Å². The van der Waals surface area contributed by atoms with E-state index < -0.39 is 6.17 Å². The lowest BCUT2D eigenvalue weighted by atomic mass is 10.4. The minimum absolute atomic E-state index is 0. The Hall–Kier alpha value is 0.330. The van der Waals surface area contributed by atoms with Crippen molar-refractivity contribution in [1.82, 2.24) is 5.32 Å². The fourth-order valence-electron chi connectivity index (χ4n) is 1.23. The van der Waals surface area contributed by atoms with Gasteiger partial charge < -0.3 is 10.1 Å². The van der Waals surface area contributed by atoms with Gasteiger partial charge in [0, 0.05) is 6.61 Å². The van der Waals surface area contributed by atoms with E-state index >= 15 is 0 Å². The zero-order chi connectivity index (χ0) is 6.27. The Morgan fingerprint density at radius 1 is 1.50 bits per heavy atom. The van der Waals surface area contributed by atoms with Crippen LogP contribution in [0.2, 0.25) is 0 Å². The molecule has 60 valence electrons. The van der Waals surface area contributed by atoms with Gasteiger partial charge in [0.05, 0.1) is 6.04 Å². The maximum absolute atomic E-state index is 12.5. The van der Waals surface area contributed by atoms with Crippen molar-refractivity contribution in [1.29, 1.82) is 0 Å². The van der Waals surface area contributed by atoms with Crippen LogP contribution in [-0.4, -0.2) is 31.5 Å². The van der Waals surface area contributed by atoms with Gasteiger partial charge in [-0.1, -0.05) is 0 Å². The smallest absolute Gasteiger partial charge is 0.146 e. The number of alkyl halides is 1. The molecule has 0 bridgehead atoms. The second-order valence-corrected chi connectivity index (χ2v) is 2.61. The number of hydrogen-bond donors (Lipinski definition) is 1. The van der Waals surface area contributed by atoms with E-state index in [2.05, 4.69) is 5.32 Å². The van der Waals surface area contributed by atoms with Crippen molar-refractivity contribution in [2.45, 2.75) is 24.7 Å². The van der Waals surface area contributed by atoms with E-state index in [1.54, 1.807) is 0 Å². The Kier molecular flexibility index (Phi) is 2.66. The third-order valence-corrected chi connectivity index (χ3v) is 1.88. The van der Waals surface area contributed by atoms with Crippen molar-refractivity contribution < 1.29 is 9.13 Å². The van der Waals surface area contributed by atoms with Gasteiger partial charge >= 0.3 is 0 Å². The molecule has 3 atom stereocenters. The molecule has 2 fully saturated rings. The van der Waals surface area contributed by atoms with E-state index in [9.17, 15) is 4.39 Å². The average molecular weight is 212 g/mol. The minimum atomic E-state index is -0.731. The van der Waals surface area contributed by atoms with Crippen LogP contribution in [0.15, 0.2) is 0 Å². The van der Waals surface area contributed by atoms with Crippen LogP contribution < -0.4 is 5.32 Å². The maximum Gasteiger partial charge on any atom is 0.146 e. The largest absolute Gasteiger partial charge is 0.373 e. The van der Waals surface area contributed by atoms with Crippen LogP contribution in [0.25, 0.3) is 0 Å². The van der Waals surface area contributed by atoms with Crippen molar-refractivity contribution in [2.24, 2.45) is 0 Å². The zero-order valence-corrected chi connectivity index (χ0v) is 7.26. The Labute approximate surface area is 69.9 Å². The summed E-state index contributed by atoms with van der Waals surface area (Å²) in [5.74, 6) is 0. The van der Waals surface area contributed by atoms with Gasteiger partial charge in [-0.15, -0.1) is 17.0 Å². The highest BCUT2D eigenvalue weighted by molar-refractivity contribution is 8.93. The lowest BCUT2D eigenvalue weighted by Crippen LogP contribution is -2.19. The fraction of sp³-hybridized carbons (Fsp3) is 1.00. The fourth-order valence-corrected chi connectivity index (χ4v) is 1.23. The molecule has 10 heavy (non-hydrogen) atoms. The first kappa shape index (κ1) is 8.43. The van der Waals surface area contributed by atoms with Crippen LogP contribution in [0, 0.1) is 0 Å². The highest BCUT2D eigenvalue weighted by atomic mass is 79.9. The van der Waals surface area contributed by atoms with Gasteiger partial charge in [-0.2, -0.15) is 0 Å². The highest BCUT2D eigenvalue weighted by Gasteiger charge is 2.52. The molecule has 2 aliphatic rings. The van der Waals surface area contributed by atoms with E-state index in [4.69, 9.17) is 4.74 Å². The van der Waals surface area contributed by atoms with Gasteiger partial charge in [0.1, 0.15) is 12.3 Å². The molecule has 1 N–H and O–H groups in total. The molecule has 0 aromatic heterocycles. The van der Waals surface area contributed by atoms with Crippen molar-refractivity contribution in [3.8, 4) is 0 Å². The molecule has 1 aliphatic heterocycles. The number of rotatable bonds is 0. The standard InChI is InChI=1S/C6H10FNO.BrH/c7-4-5-6(4)9-3-1-2-8-5;/h4-6,8H,1-3H2;1H. The van der Waals surface area contributed by atoms with Crippen LogP contribution in [0.4, 0.5) is 4.39 Å². The quantitative estimate of drug-likeness (QED) is 0.637. The van der Waals surface area contributed by atoms with E-state index in [1.165, 1.54) is 0 Å². The second kappa shape index (κ2) is 3.15. The van der Waals surface area contributed by atoms with E-state index in [0.29, 0.717) is 6.61 Å². The Morgan fingerprint density at radius 2 is 2.30 bits per heavy atom. The topological polar surface area (TPSA) is 21.3 Å². The summed E-state index contributed by atoms with van der Waals surface area (Å²) in [6.45, 7) is 1.62. The molecular formula is C6H11BrFNO. The number of halogens is 2. The average Bonchev–Trinajstić information content (AvgIpc) is 2.51. The summed E-state index contributed by atoms with van der Waals surface area (Å²) in [6, 6.07) is 0.0208. The van der Waals surface area contributed by atoms with Crippen molar-refractivity contribution in [2.75, 3.05) is 13.2 Å². The second-order valence-electron chi connectivity index (χ2n) is 2.61. The van der Waals surface area contributed by atoms with Gasteiger partial charge in [0.25, 0.3) is 0 Å². The Morgan fingerprint density at radius 3 is 3.10 bits per heavy atom. The molecule has 1 saturated carbocycles. The van der Waals surface area contributed by atoms with Crippen molar-refractivity contribution in [3.63, 3.8) is 0 Å². The first-order valence-electron chi connectivity index (χ1n) is 3.38. The van der Waals surface area contributed by atoms with E-state index in [1.807, 2.05) is 0 Å². The summed E-state index contributed by atoms with van der Waals surface area (Å²) in [4.78, 5) is 0. The summed E-state index contributed by atoms with van der Waals surface area (Å²) in [5, 5.41) is 3.07. The molecule has 2 nitrogen and oxygen atoms in total. The minimum Gasteiger partial charge on any atom is -0.373 e. The van der Waals surface area contributed by atoms with Gasteiger partial charge in [0.2, 0.25) is 0 Å². The van der Waals surface area contributed by atoms with E-state index in [0.717, 1.165) is 13.0 Å². The molecule has 1 aliphatic carbocycles. The molecule has 1 saturated heterocycles. The van der Waals surface area contributed by atoms with Crippen LogP contribution in [-0.2, 0) is 4.74 Å². The summed E-state index contributed by atoms with van der Waals surface area (Å²) < 4.78 is 17.6. The molecule has 0 aromatic rings. The third kappa shape index (κ3) is 1.33. The Balaban J connectivity index is 0.000000500. The number of fused-ring (bicyclic) bond motifs is 1. The molecule has 0 aromatic carbocycles. The van der Waals surface area contributed by atoms with Crippen LogP contribution in [0.1, 0.15) is 6.42 Å². The molecular weight excluding hydrogens is 201 g/mol. The summed E-state index contributed by atoms with van der Waals surface area (Å²) in [7, 11) is 0. The normalized spacial score (nSPS) is 44.7.